The lowest BCUT2D eigenvalue weighted by Gasteiger charge is -2.41. The predicted molar refractivity (Wildman–Crippen MR) is 161 cm³/mol. The molecule has 4 heteroatoms. The van der Waals surface area contributed by atoms with Gasteiger partial charge in [-0.05, 0) is 77.3 Å². The number of hydrogen-bond acceptors (Lipinski definition) is 3. The van der Waals surface area contributed by atoms with Crippen molar-refractivity contribution in [3.8, 4) is 11.1 Å². The maximum atomic E-state index is 6.65. The molecule has 2 nitrogen and oxygen atoms in total. The van der Waals surface area contributed by atoms with Crippen LogP contribution in [-0.2, 0) is 14.7 Å². The number of hydrogen-bond donors (Lipinski definition) is 0. The zero-order chi connectivity index (χ0) is 26.6. The molecule has 0 unspecified atom stereocenters. The van der Waals surface area contributed by atoms with Gasteiger partial charge in [0.15, 0.2) is 0 Å². The fraction of sp³-hybridized carbons (Fsp3) is 0.200. The largest absolute Gasteiger partial charge is 0.496 e. The zero-order valence-electron chi connectivity index (χ0n) is 22.6. The molecule has 0 N–H and O–H groups in total. The monoisotopic (exact) mass is 524 g/mol. The van der Waals surface area contributed by atoms with Gasteiger partial charge in [0.25, 0.3) is 0 Å². The van der Waals surface area contributed by atoms with Gasteiger partial charge in [-0.2, -0.15) is 0 Å². The molecule has 8 rings (SSSR count). The fourth-order valence-electron chi connectivity index (χ4n) is 6.83. The molecule has 1 spiro atoms. The minimum atomic E-state index is -0.432. The highest BCUT2D eigenvalue weighted by Gasteiger charge is 2.55. The molecule has 3 aliphatic rings. The molecule has 1 saturated heterocycles. The van der Waals surface area contributed by atoms with Crippen LogP contribution >= 0.6 is 11.8 Å². The Morgan fingerprint density at radius 1 is 0.538 bits per heavy atom. The summed E-state index contributed by atoms with van der Waals surface area (Å²) in [6.07, 6.45) is 0. The molecule has 0 bridgehead atoms. The number of rotatable bonds is 1. The minimum absolute atomic E-state index is 0.408. The summed E-state index contributed by atoms with van der Waals surface area (Å²) in [4.78, 5) is 2.56. The van der Waals surface area contributed by atoms with E-state index in [2.05, 4.69) is 131 Å². The lowest BCUT2D eigenvalue weighted by atomic mass is 9.65. The van der Waals surface area contributed by atoms with Crippen molar-refractivity contribution < 1.29 is 9.31 Å². The molecule has 2 heterocycles. The van der Waals surface area contributed by atoms with Crippen LogP contribution in [0.4, 0.5) is 0 Å². The van der Waals surface area contributed by atoms with Crippen molar-refractivity contribution in [3.63, 3.8) is 0 Å². The lowest BCUT2D eigenvalue weighted by molar-refractivity contribution is 0.00578. The minimum Gasteiger partial charge on any atom is -0.399 e. The van der Waals surface area contributed by atoms with Crippen LogP contribution < -0.4 is 5.46 Å². The van der Waals surface area contributed by atoms with Crippen LogP contribution in [0.3, 0.4) is 0 Å². The topological polar surface area (TPSA) is 18.5 Å². The molecule has 0 atom stereocenters. The van der Waals surface area contributed by atoms with Crippen molar-refractivity contribution in [2.45, 2.75) is 54.1 Å². The van der Waals surface area contributed by atoms with Crippen LogP contribution in [-0.4, -0.2) is 18.3 Å². The first-order chi connectivity index (χ1) is 18.8. The average Bonchev–Trinajstić information content (AvgIpc) is 3.35. The second kappa shape index (κ2) is 7.88. The molecular formula is C35H29BO2S. The van der Waals surface area contributed by atoms with E-state index in [1.807, 2.05) is 11.8 Å². The molecule has 1 aliphatic carbocycles. The van der Waals surface area contributed by atoms with E-state index in [1.54, 1.807) is 0 Å². The van der Waals surface area contributed by atoms with Crippen LogP contribution in [0.2, 0.25) is 0 Å². The highest BCUT2D eigenvalue weighted by Crippen LogP contribution is 2.62. The molecule has 39 heavy (non-hydrogen) atoms. The van der Waals surface area contributed by atoms with Crippen LogP contribution in [0.15, 0.2) is 113 Å². The second-order valence-corrected chi connectivity index (χ2v) is 12.9. The Hall–Kier alpha value is -3.31. The maximum absolute atomic E-state index is 6.65. The Labute approximate surface area is 234 Å². The Morgan fingerprint density at radius 2 is 1.10 bits per heavy atom. The van der Waals surface area contributed by atoms with Crippen molar-refractivity contribution in [3.05, 3.63) is 125 Å². The third-order valence-corrected chi connectivity index (χ3v) is 10.7. The normalized spacial score (nSPS) is 19.0. The Morgan fingerprint density at radius 3 is 1.79 bits per heavy atom. The van der Waals surface area contributed by atoms with Gasteiger partial charge in [-0.15, -0.1) is 0 Å². The summed E-state index contributed by atoms with van der Waals surface area (Å²) in [7, 11) is -0.432. The van der Waals surface area contributed by atoms with Crippen molar-refractivity contribution in [2.24, 2.45) is 0 Å². The third kappa shape index (κ3) is 2.97. The molecule has 2 aliphatic heterocycles. The van der Waals surface area contributed by atoms with E-state index in [0.717, 1.165) is 5.46 Å². The summed E-state index contributed by atoms with van der Waals surface area (Å²) in [5.41, 5.74) is 7.83. The smallest absolute Gasteiger partial charge is 0.399 e. The molecule has 1 fully saturated rings. The van der Waals surface area contributed by atoms with Crippen molar-refractivity contribution >= 4 is 35.1 Å². The second-order valence-electron chi connectivity index (χ2n) is 11.9. The van der Waals surface area contributed by atoms with Gasteiger partial charge in [-0.3, -0.25) is 0 Å². The van der Waals surface area contributed by atoms with E-state index >= 15 is 0 Å². The lowest BCUT2D eigenvalue weighted by Crippen LogP contribution is -2.41. The zero-order valence-corrected chi connectivity index (χ0v) is 23.4. The summed E-state index contributed by atoms with van der Waals surface area (Å²) in [6, 6.07) is 38.1. The van der Waals surface area contributed by atoms with Crippen molar-refractivity contribution in [2.75, 3.05) is 0 Å². The molecule has 0 radical (unpaired) electrons. The molecule has 5 aromatic rings. The molecule has 190 valence electrons. The summed E-state index contributed by atoms with van der Waals surface area (Å²) in [5, 5.41) is 2.55. The third-order valence-electron chi connectivity index (χ3n) is 9.40. The van der Waals surface area contributed by atoms with Gasteiger partial charge in [0.05, 0.1) is 16.6 Å². The van der Waals surface area contributed by atoms with E-state index in [4.69, 9.17) is 9.31 Å². The first kappa shape index (κ1) is 23.6. The maximum Gasteiger partial charge on any atom is 0.496 e. The molecule has 5 aromatic carbocycles. The highest BCUT2D eigenvalue weighted by atomic mass is 32.2. The Bertz CT molecular complexity index is 1760. The number of benzene rings is 5. The van der Waals surface area contributed by atoms with E-state index in [1.165, 1.54) is 53.9 Å². The Balaban J connectivity index is 1.50. The SMILES string of the molecule is CC1(C)OB(c2cccc3c2Sc2c(ccc4ccccc24)C32c3ccccc3-c3ccccc32)OC1(C)C. The van der Waals surface area contributed by atoms with E-state index in [-0.39, 0.29) is 0 Å². The van der Waals surface area contributed by atoms with Gasteiger partial charge in [-0.25, -0.2) is 0 Å². The van der Waals surface area contributed by atoms with E-state index in [9.17, 15) is 0 Å². The average molecular weight is 524 g/mol. The molecular weight excluding hydrogens is 495 g/mol. The summed E-state index contributed by atoms with van der Waals surface area (Å²) in [5.74, 6) is 0. The van der Waals surface area contributed by atoms with Crippen molar-refractivity contribution in [1.82, 2.24) is 0 Å². The van der Waals surface area contributed by atoms with E-state index < -0.39 is 23.7 Å². The molecule has 0 amide bonds. The summed E-state index contributed by atoms with van der Waals surface area (Å²) < 4.78 is 13.3. The number of fused-ring (bicyclic) bond motifs is 11. The molecule has 0 aromatic heterocycles. The van der Waals surface area contributed by atoms with Crippen molar-refractivity contribution in [1.29, 1.82) is 0 Å². The van der Waals surface area contributed by atoms with Crippen LogP contribution in [0.25, 0.3) is 21.9 Å². The van der Waals surface area contributed by atoms with Gasteiger partial charge in [0.2, 0.25) is 0 Å². The van der Waals surface area contributed by atoms with E-state index in [0.29, 0.717) is 0 Å². The predicted octanol–water partition coefficient (Wildman–Crippen LogP) is 7.97. The van der Waals surface area contributed by atoms with Gasteiger partial charge < -0.3 is 9.31 Å². The van der Waals surface area contributed by atoms with Gasteiger partial charge in [-0.1, -0.05) is 115 Å². The van der Waals surface area contributed by atoms with Gasteiger partial charge >= 0.3 is 7.12 Å². The first-order valence-electron chi connectivity index (χ1n) is 13.7. The highest BCUT2D eigenvalue weighted by molar-refractivity contribution is 8.00. The van der Waals surface area contributed by atoms with Crippen LogP contribution in [0.1, 0.15) is 49.9 Å². The van der Waals surface area contributed by atoms with Crippen LogP contribution in [0.5, 0.6) is 0 Å². The summed E-state index contributed by atoms with van der Waals surface area (Å²) >= 11 is 1.88. The van der Waals surface area contributed by atoms with Gasteiger partial charge in [0.1, 0.15) is 0 Å². The van der Waals surface area contributed by atoms with Gasteiger partial charge in [0, 0.05) is 9.79 Å². The first-order valence-corrected chi connectivity index (χ1v) is 14.5. The fourth-order valence-corrected chi connectivity index (χ4v) is 8.27. The quantitative estimate of drug-likeness (QED) is 0.203. The van der Waals surface area contributed by atoms with Crippen LogP contribution in [0, 0.1) is 0 Å². The summed E-state index contributed by atoms with van der Waals surface area (Å²) in [6.45, 7) is 8.51. The Kier molecular flexibility index (Phi) is 4.76. The standard InChI is InChI=1S/C35H29BO2S/c1-33(2)34(3,4)38-36(37-33)30-19-11-18-28-32(30)39-31-23-13-6-5-12-22(23)20-21-29(31)35(28)26-16-9-7-14-24(26)25-15-8-10-17-27(25)35/h5-21H,1-4H3. The molecule has 0 saturated carbocycles.